The highest BCUT2D eigenvalue weighted by Gasteiger charge is 2.20. The average molecular weight is 371 g/mol. The van der Waals surface area contributed by atoms with E-state index in [1.807, 2.05) is 24.3 Å². The van der Waals surface area contributed by atoms with E-state index < -0.39 is 11.6 Å². The second kappa shape index (κ2) is 7.14. The first-order valence-electron chi connectivity index (χ1n) is 8.50. The van der Waals surface area contributed by atoms with Crippen LogP contribution in [0, 0.1) is 11.6 Å². The molecular formula is C21H17ClF2N2. The molecule has 0 bridgehead atoms. The topological polar surface area (TPSA) is 16.1 Å². The van der Waals surface area contributed by atoms with Crippen LogP contribution in [-0.2, 0) is 19.5 Å². The van der Waals surface area contributed by atoms with Gasteiger partial charge in [-0.3, -0.25) is 9.88 Å². The molecule has 1 aliphatic rings. The summed E-state index contributed by atoms with van der Waals surface area (Å²) in [6.45, 7) is 2.55. The Bertz CT molecular complexity index is 944. The van der Waals surface area contributed by atoms with Gasteiger partial charge in [0, 0.05) is 37.3 Å². The number of halogens is 3. The first-order chi connectivity index (χ1) is 12.6. The summed E-state index contributed by atoms with van der Waals surface area (Å²) in [6.07, 6.45) is 0.802. The van der Waals surface area contributed by atoms with Crippen LogP contribution < -0.4 is 0 Å². The van der Waals surface area contributed by atoms with Gasteiger partial charge in [-0.1, -0.05) is 41.9 Å². The Balaban J connectivity index is 1.59. The van der Waals surface area contributed by atoms with E-state index in [-0.39, 0.29) is 0 Å². The molecule has 132 valence electrons. The summed E-state index contributed by atoms with van der Waals surface area (Å²) < 4.78 is 26.7. The van der Waals surface area contributed by atoms with Crippen LogP contribution in [0.1, 0.15) is 16.8 Å². The smallest absolute Gasteiger partial charge is 0.159 e. The summed E-state index contributed by atoms with van der Waals surface area (Å²) in [5, 5.41) is 0.455. The van der Waals surface area contributed by atoms with Crippen molar-refractivity contribution in [3.05, 3.63) is 88.1 Å². The number of aromatic nitrogens is 1. The molecule has 0 radical (unpaired) electrons. The minimum atomic E-state index is -0.896. The largest absolute Gasteiger partial charge is 0.294 e. The number of hydrogen-bond acceptors (Lipinski definition) is 2. The Hall–Kier alpha value is -2.30. The molecule has 0 atom stereocenters. The highest BCUT2D eigenvalue weighted by atomic mass is 35.5. The predicted octanol–water partition coefficient (Wildman–Crippen LogP) is 5.24. The number of pyridine rings is 1. The molecule has 2 aromatic carbocycles. The average Bonchev–Trinajstić information content (AvgIpc) is 2.64. The quantitative estimate of drug-likeness (QED) is 0.627. The minimum Gasteiger partial charge on any atom is -0.294 e. The zero-order chi connectivity index (χ0) is 18.1. The lowest BCUT2D eigenvalue weighted by atomic mass is 10.0. The maximum absolute atomic E-state index is 13.5. The molecule has 0 saturated heterocycles. The molecule has 0 amide bonds. The van der Waals surface area contributed by atoms with Crippen molar-refractivity contribution in [2.45, 2.75) is 19.5 Å². The fourth-order valence-corrected chi connectivity index (χ4v) is 3.61. The van der Waals surface area contributed by atoms with Crippen molar-refractivity contribution >= 4 is 11.6 Å². The molecule has 0 N–H and O–H groups in total. The van der Waals surface area contributed by atoms with E-state index in [9.17, 15) is 8.78 Å². The molecular weight excluding hydrogens is 354 g/mol. The third-order valence-electron chi connectivity index (χ3n) is 4.65. The summed E-state index contributed by atoms with van der Waals surface area (Å²) in [6, 6.07) is 16.0. The van der Waals surface area contributed by atoms with Crippen LogP contribution in [0.3, 0.4) is 0 Å². The molecule has 5 heteroatoms. The molecule has 1 aromatic heterocycles. The number of hydrogen-bond donors (Lipinski definition) is 0. The normalized spacial score (nSPS) is 14.3. The second-order valence-electron chi connectivity index (χ2n) is 6.50. The molecule has 0 unspecified atom stereocenters. The summed E-state index contributed by atoms with van der Waals surface area (Å²) in [7, 11) is 0. The zero-order valence-corrected chi connectivity index (χ0v) is 14.8. The Morgan fingerprint density at radius 2 is 1.81 bits per heavy atom. The predicted molar refractivity (Wildman–Crippen MR) is 98.9 cm³/mol. The van der Waals surface area contributed by atoms with Crippen LogP contribution in [0.15, 0.2) is 54.6 Å². The number of rotatable bonds is 3. The van der Waals surface area contributed by atoms with Gasteiger partial charge in [0.05, 0.1) is 10.7 Å². The molecule has 0 fully saturated rings. The number of nitrogens with zero attached hydrogens (tertiary/aromatic N) is 2. The van der Waals surface area contributed by atoms with Crippen LogP contribution >= 0.6 is 11.6 Å². The minimum absolute atomic E-state index is 0.455. The van der Waals surface area contributed by atoms with Gasteiger partial charge in [0.15, 0.2) is 11.6 Å². The molecule has 3 aromatic rings. The Kier molecular flexibility index (Phi) is 4.70. The molecule has 1 aliphatic heterocycles. The maximum Gasteiger partial charge on any atom is 0.159 e. The van der Waals surface area contributed by atoms with E-state index in [1.165, 1.54) is 11.6 Å². The van der Waals surface area contributed by atoms with Gasteiger partial charge < -0.3 is 0 Å². The molecule has 0 spiro atoms. The maximum atomic E-state index is 13.5. The van der Waals surface area contributed by atoms with Crippen molar-refractivity contribution in [2.75, 3.05) is 6.54 Å². The van der Waals surface area contributed by atoms with E-state index in [2.05, 4.69) is 22.0 Å². The summed E-state index contributed by atoms with van der Waals surface area (Å²) >= 11 is 6.40. The van der Waals surface area contributed by atoms with Crippen LogP contribution in [0.5, 0.6) is 0 Å². The van der Waals surface area contributed by atoms with Gasteiger partial charge in [-0.05, 0) is 35.4 Å². The van der Waals surface area contributed by atoms with Gasteiger partial charge in [0.1, 0.15) is 0 Å². The Morgan fingerprint density at radius 3 is 2.58 bits per heavy atom. The van der Waals surface area contributed by atoms with Gasteiger partial charge in [0.2, 0.25) is 0 Å². The first-order valence-corrected chi connectivity index (χ1v) is 8.88. The van der Waals surface area contributed by atoms with Crippen molar-refractivity contribution in [1.29, 1.82) is 0 Å². The van der Waals surface area contributed by atoms with Crippen molar-refractivity contribution < 1.29 is 8.78 Å². The summed E-state index contributed by atoms with van der Waals surface area (Å²) in [5.41, 5.74) is 4.32. The molecule has 0 aliphatic carbocycles. The lowest BCUT2D eigenvalue weighted by molar-refractivity contribution is 0.243. The lowest BCUT2D eigenvalue weighted by Gasteiger charge is -2.28. The van der Waals surface area contributed by atoms with Crippen molar-refractivity contribution in [3.8, 4) is 11.3 Å². The molecule has 2 heterocycles. The molecule has 4 rings (SSSR count). The van der Waals surface area contributed by atoms with E-state index in [1.54, 1.807) is 0 Å². The van der Waals surface area contributed by atoms with Crippen LogP contribution in [-0.4, -0.2) is 16.4 Å². The van der Waals surface area contributed by atoms with Crippen molar-refractivity contribution in [1.82, 2.24) is 9.88 Å². The van der Waals surface area contributed by atoms with E-state index in [0.29, 0.717) is 16.3 Å². The monoisotopic (exact) mass is 370 g/mol. The SMILES string of the molecule is Fc1ccc(-c2nc3c(cc2Cl)CN(Cc2ccccc2)CC3)cc1F. The fraction of sp³-hybridized carbons (Fsp3) is 0.190. The van der Waals surface area contributed by atoms with Crippen molar-refractivity contribution in [2.24, 2.45) is 0 Å². The van der Waals surface area contributed by atoms with Gasteiger partial charge in [0.25, 0.3) is 0 Å². The fourth-order valence-electron chi connectivity index (χ4n) is 3.32. The van der Waals surface area contributed by atoms with Crippen molar-refractivity contribution in [3.63, 3.8) is 0 Å². The standard InChI is InChI=1S/C21H17ClF2N2/c22-17-10-16-13-26(12-14-4-2-1-3-5-14)9-8-20(16)25-21(17)15-6-7-18(23)19(24)11-15/h1-7,10-11H,8-9,12-13H2. The Morgan fingerprint density at radius 1 is 1.00 bits per heavy atom. The third kappa shape index (κ3) is 3.48. The highest BCUT2D eigenvalue weighted by molar-refractivity contribution is 6.33. The van der Waals surface area contributed by atoms with Crippen LogP contribution in [0.25, 0.3) is 11.3 Å². The van der Waals surface area contributed by atoms with Gasteiger partial charge in [-0.2, -0.15) is 0 Å². The molecule has 2 nitrogen and oxygen atoms in total. The highest BCUT2D eigenvalue weighted by Crippen LogP contribution is 2.31. The second-order valence-corrected chi connectivity index (χ2v) is 6.91. The Labute approximate surface area is 156 Å². The molecule has 26 heavy (non-hydrogen) atoms. The van der Waals surface area contributed by atoms with E-state index in [4.69, 9.17) is 11.6 Å². The first kappa shape index (κ1) is 17.1. The van der Waals surface area contributed by atoms with Gasteiger partial charge >= 0.3 is 0 Å². The zero-order valence-electron chi connectivity index (χ0n) is 14.1. The van der Waals surface area contributed by atoms with Crippen LogP contribution in [0.4, 0.5) is 8.78 Å². The van der Waals surface area contributed by atoms with Gasteiger partial charge in [-0.25, -0.2) is 8.78 Å². The third-order valence-corrected chi connectivity index (χ3v) is 4.93. The summed E-state index contributed by atoms with van der Waals surface area (Å²) in [4.78, 5) is 7.00. The van der Waals surface area contributed by atoms with E-state index >= 15 is 0 Å². The number of fused-ring (bicyclic) bond motifs is 1. The van der Waals surface area contributed by atoms with Crippen LogP contribution in [0.2, 0.25) is 5.02 Å². The van der Waals surface area contributed by atoms with Gasteiger partial charge in [-0.15, -0.1) is 0 Å². The summed E-state index contributed by atoms with van der Waals surface area (Å²) in [5.74, 6) is -1.77. The lowest BCUT2D eigenvalue weighted by Crippen LogP contribution is -2.30. The number of benzene rings is 2. The molecule has 0 saturated carbocycles. The van der Waals surface area contributed by atoms with E-state index in [0.717, 1.165) is 49.4 Å².